The Labute approximate surface area is 296 Å². The molecular weight excluding hydrogens is 603 g/mol. The SMILES string of the molecule is c1ccc2c(c1)-c1cc(N(c3ccc4ccccc4c3)c3cccc4c3-c3ccccc3C43C4CC5CC(C4)CC3C5)ccc1C21CCCC1. The lowest BCUT2D eigenvalue weighted by Crippen LogP contribution is -2.55. The third kappa shape index (κ3) is 3.49. The van der Waals surface area contributed by atoms with E-state index in [0.717, 1.165) is 23.7 Å². The van der Waals surface area contributed by atoms with Gasteiger partial charge in [0, 0.05) is 27.8 Å². The lowest BCUT2D eigenvalue weighted by Gasteiger charge is -2.61. The van der Waals surface area contributed by atoms with Crippen molar-refractivity contribution < 1.29 is 0 Å². The van der Waals surface area contributed by atoms with Gasteiger partial charge in [-0.15, -0.1) is 0 Å². The Morgan fingerprint density at radius 1 is 0.460 bits per heavy atom. The molecule has 0 N–H and O–H groups in total. The zero-order chi connectivity index (χ0) is 32.6. The Balaban J connectivity index is 1.12. The molecule has 7 aliphatic rings. The summed E-state index contributed by atoms with van der Waals surface area (Å²) in [5.41, 5.74) is 16.4. The number of hydrogen-bond acceptors (Lipinski definition) is 1. The van der Waals surface area contributed by atoms with Crippen LogP contribution in [0.5, 0.6) is 0 Å². The first-order chi connectivity index (χ1) is 24.7. The third-order valence-electron chi connectivity index (χ3n) is 14.8. The van der Waals surface area contributed by atoms with Gasteiger partial charge in [-0.25, -0.2) is 0 Å². The second-order valence-corrected chi connectivity index (χ2v) is 16.9. The highest BCUT2D eigenvalue weighted by atomic mass is 15.1. The van der Waals surface area contributed by atoms with Crippen molar-refractivity contribution in [3.63, 3.8) is 0 Å². The average molecular weight is 646 g/mol. The van der Waals surface area contributed by atoms with Crippen LogP contribution in [0.15, 0.2) is 127 Å². The van der Waals surface area contributed by atoms with Crippen LogP contribution in [0.25, 0.3) is 33.0 Å². The highest BCUT2D eigenvalue weighted by molar-refractivity contribution is 5.98. The topological polar surface area (TPSA) is 3.24 Å². The summed E-state index contributed by atoms with van der Waals surface area (Å²) in [6, 6.07) is 49.8. The third-order valence-corrected chi connectivity index (χ3v) is 14.8. The second-order valence-electron chi connectivity index (χ2n) is 16.9. The second kappa shape index (κ2) is 10.0. The van der Waals surface area contributed by atoms with Crippen molar-refractivity contribution >= 4 is 27.8 Å². The van der Waals surface area contributed by atoms with Crippen molar-refractivity contribution in [2.75, 3.05) is 4.90 Å². The van der Waals surface area contributed by atoms with Crippen LogP contribution in [0.4, 0.5) is 17.1 Å². The average Bonchev–Trinajstić information content (AvgIpc) is 3.84. The minimum absolute atomic E-state index is 0.149. The van der Waals surface area contributed by atoms with Gasteiger partial charge in [0.15, 0.2) is 0 Å². The van der Waals surface area contributed by atoms with Crippen molar-refractivity contribution in [3.8, 4) is 22.3 Å². The number of hydrogen-bond donors (Lipinski definition) is 0. The predicted octanol–water partition coefficient (Wildman–Crippen LogP) is 12.9. The van der Waals surface area contributed by atoms with Crippen molar-refractivity contribution in [1.82, 2.24) is 0 Å². The molecule has 0 amide bonds. The van der Waals surface area contributed by atoms with Gasteiger partial charge in [-0.3, -0.25) is 0 Å². The van der Waals surface area contributed by atoms with Gasteiger partial charge in [0.1, 0.15) is 0 Å². The predicted molar refractivity (Wildman–Crippen MR) is 207 cm³/mol. The fraction of sp³-hybridized carbons (Fsp3) is 0.306. The van der Waals surface area contributed by atoms with Gasteiger partial charge < -0.3 is 4.90 Å². The molecule has 0 unspecified atom stereocenters. The van der Waals surface area contributed by atoms with E-state index in [4.69, 9.17) is 0 Å². The molecule has 6 aromatic rings. The molecule has 0 aromatic heterocycles. The van der Waals surface area contributed by atoms with Crippen LogP contribution in [0.2, 0.25) is 0 Å². The molecule has 0 saturated heterocycles. The lowest BCUT2D eigenvalue weighted by atomic mass is 9.43. The molecular formula is C49H43N. The van der Waals surface area contributed by atoms with Gasteiger partial charge in [0.25, 0.3) is 0 Å². The van der Waals surface area contributed by atoms with Gasteiger partial charge in [-0.2, -0.15) is 0 Å². The first kappa shape index (κ1) is 28.1. The summed E-state index contributed by atoms with van der Waals surface area (Å²) in [6.07, 6.45) is 12.3. The van der Waals surface area contributed by atoms with E-state index in [1.807, 2.05) is 0 Å². The minimum atomic E-state index is 0.149. The zero-order valence-electron chi connectivity index (χ0n) is 28.7. The molecule has 5 saturated carbocycles. The summed E-state index contributed by atoms with van der Waals surface area (Å²) >= 11 is 0. The van der Waals surface area contributed by atoms with Crippen LogP contribution in [0.1, 0.15) is 80.0 Å². The molecule has 4 bridgehead atoms. The molecule has 13 rings (SSSR count). The summed E-state index contributed by atoms with van der Waals surface area (Å²) in [5, 5.41) is 2.58. The molecule has 1 nitrogen and oxygen atoms in total. The first-order valence-electron chi connectivity index (χ1n) is 19.5. The number of fused-ring (bicyclic) bond motifs is 9. The molecule has 6 aromatic carbocycles. The first-order valence-corrected chi connectivity index (χ1v) is 19.5. The normalized spacial score (nSPS) is 27.1. The molecule has 7 aliphatic carbocycles. The summed E-state index contributed by atoms with van der Waals surface area (Å²) in [6.45, 7) is 0. The monoisotopic (exact) mass is 645 g/mol. The Bertz CT molecular complexity index is 2340. The fourth-order valence-electron chi connectivity index (χ4n) is 13.2. The van der Waals surface area contributed by atoms with E-state index in [1.54, 1.807) is 22.3 Å². The van der Waals surface area contributed by atoms with Crippen molar-refractivity contribution in [2.45, 2.75) is 68.6 Å². The summed E-state index contributed by atoms with van der Waals surface area (Å²) in [7, 11) is 0. The van der Waals surface area contributed by atoms with Crippen LogP contribution in [-0.2, 0) is 10.8 Å². The van der Waals surface area contributed by atoms with Gasteiger partial charge in [-0.05, 0) is 149 Å². The molecule has 1 heteroatoms. The zero-order valence-corrected chi connectivity index (χ0v) is 28.7. The molecule has 244 valence electrons. The fourth-order valence-corrected chi connectivity index (χ4v) is 13.2. The number of rotatable bonds is 3. The van der Waals surface area contributed by atoms with Crippen LogP contribution in [0.3, 0.4) is 0 Å². The van der Waals surface area contributed by atoms with Gasteiger partial charge >= 0.3 is 0 Å². The van der Waals surface area contributed by atoms with E-state index in [2.05, 4.69) is 132 Å². The van der Waals surface area contributed by atoms with Crippen molar-refractivity contribution in [2.24, 2.45) is 23.7 Å². The van der Waals surface area contributed by atoms with E-state index < -0.39 is 0 Å². The molecule has 0 heterocycles. The maximum Gasteiger partial charge on any atom is 0.0543 e. The maximum absolute atomic E-state index is 2.62. The van der Waals surface area contributed by atoms with E-state index in [1.165, 1.54) is 108 Å². The Morgan fingerprint density at radius 2 is 1.08 bits per heavy atom. The molecule has 2 spiro atoms. The molecule has 50 heavy (non-hydrogen) atoms. The van der Waals surface area contributed by atoms with E-state index in [9.17, 15) is 0 Å². The highest BCUT2D eigenvalue weighted by Crippen LogP contribution is 2.70. The van der Waals surface area contributed by atoms with Crippen LogP contribution < -0.4 is 4.90 Å². The largest absolute Gasteiger partial charge is 0.310 e. The Hall–Kier alpha value is -4.62. The smallest absolute Gasteiger partial charge is 0.0543 e. The summed E-state index contributed by atoms with van der Waals surface area (Å²) in [4.78, 5) is 2.62. The molecule has 0 atom stereocenters. The minimum Gasteiger partial charge on any atom is -0.310 e. The molecule has 5 fully saturated rings. The van der Waals surface area contributed by atoms with Crippen LogP contribution in [-0.4, -0.2) is 0 Å². The van der Waals surface area contributed by atoms with Gasteiger partial charge in [0.05, 0.1) is 5.69 Å². The van der Waals surface area contributed by atoms with Crippen molar-refractivity contribution in [3.05, 3.63) is 150 Å². The van der Waals surface area contributed by atoms with Crippen LogP contribution >= 0.6 is 0 Å². The quantitative estimate of drug-likeness (QED) is 0.185. The number of nitrogens with zero attached hydrogens (tertiary/aromatic N) is 1. The van der Waals surface area contributed by atoms with E-state index >= 15 is 0 Å². The maximum atomic E-state index is 2.62. The molecule has 0 aliphatic heterocycles. The van der Waals surface area contributed by atoms with Gasteiger partial charge in [-0.1, -0.05) is 110 Å². The highest BCUT2D eigenvalue weighted by Gasteiger charge is 2.62. The van der Waals surface area contributed by atoms with Crippen LogP contribution in [0, 0.1) is 23.7 Å². The Morgan fingerprint density at radius 3 is 1.88 bits per heavy atom. The molecule has 0 radical (unpaired) electrons. The van der Waals surface area contributed by atoms with Gasteiger partial charge in [0.2, 0.25) is 0 Å². The number of benzene rings is 6. The number of anilines is 3. The lowest BCUT2D eigenvalue weighted by molar-refractivity contribution is -0.0399. The van der Waals surface area contributed by atoms with Crippen molar-refractivity contribution in [1.29, 1.82) is 0 Å². The summed E-state index contributed by atoms with van der Waals surface area (Å²) < 4.78 is 0. The standard InChI is InChI=1S/C49H43N/c1-2-11-34-29-37(19-18-33(34)10-1)50(38-20-21-43-41(30-38)39-12-3-5-14-42(39)48(43)22-7-8-23-48)46-17-9-16-45-47(46)40-13-4-6-15-44(40)49(45)35-25-31-24-32(27-35)28-36(49)26-31/h1-6,9-21,29-32,35-36H,7-8,22-28H2. The van der Waals surface area contributed by atoms with E-state index in [0.29, 0.717) is 0 Å². The Kier molecular flexibility index (Phi) is 5.62. The summed E-state index contributed by atoms with van der Waals surface area (Å²) in [5.74, 6) is 3.39. The van der Waals surface area contributed by atoms with E-state index in [-0.39, 0.29) is 10.8 Å².